The summed E-state index contributed by atoms with van der Waals surface area (Å²) in [5.74, 6) is -0.576. The molecule has 0 spiro atoms. The van der Waals surface area contributed by atoms with Crippen LogP contribution < -0.4 is 14.8 Å². The molecule has 0 unspecified atom stereocenters. The number of methoxy groups -OCH3 is 1. The Balaban J connectivity index is 1.47. The Morgan fingerprint density at radius 3 is 2.76 bits per heavy atom. The molecule has 7 nitrogen and oxygen atoms in total. The molecule has 2 aliphatic rings. The third kappa shape index (κ3) is 5.48. The smallest absolute Gasteiger partial charge is 0.293 e. The number of thioether (sulfide) groups is 1. The van der Waals surface area contributed by atoms with Gasteiger partial charge in [0.25, 0.3) is 17.1 Å². The van der Waals surface area contributed by atoms with Crippen molar-refractivity contribution in [2.24, 2.45) is 0 Å². The van der Waals surface area contributed by atoms with Gasteiger partial charge >= 0.3 is 0 Å². The summed E-state index contributed by atoms with van der Waals surface area (Å²) in [6.45, 7) is -0.393. The predicted molar refractivity (Wildman–Crippen MR) is 123 cm³/mol. The molecule has 1 saturated carbocycles. The first-order valence-corrected chi connectivity index (χ1v) is 11.3. The Kier molecular flexibility index (Phi) is 6.90. The lowest BCUT2D eigenvalue weighted by molar-refractivity contribution is -0.124. The van der Waals surface area contributed by atoms with Gasteiger partial charge in [0.05, 0.1) is 18.6 Å². The lowest BCUT2D eigenvalue weighted by atomic mass is 10.1. The second kappa shape index (κ2) is 9.84. The van der Waals surface area contributed by atoms with E-state index in [1.807, 2.05) is 0 Å². The van der Waals surface area contributed by atoms with Crippen LogP contribution in [-0.4, -0.2) is 41.7 Å². The van der Waals surface area contributed by atoms with E-state index in [1.54, 1.807) is 24.3 Å². The highest BCUT2D eigenvalue weighted by Crippen LogP contribution is 2.36. The third-order valence-electron chi connectivity index (χ3n) is 5.04. The average molecular weight is 491 g/mol. The molecule has 2 aromatic carbocycles. The maximum absolute atomic E-state index is 14.1. The molecule has 3 amide bonds. The van der Waals surface area contributed by atoms with Gasteiger partial charge in [-0.05, 0) is 60.5 Å². The molecule has 10 heteroatoms. The summed E-state index contributed by atoms with van der Waals surface area (Å²) in [6, 6.07) is 9.36. The van der Waals surface area contributed by atoms with Crippen molar-refractivity contribution in [2.45, 2.75) is 25.4 Å². The Morgan fingerprint density at radius 1 is 1.27 bits per heavy atom. The van der Waals surface area contributed by atoms with Crippen molar-refractivity contribution >= 4 is 46.5 Å². The van der Waals surface area contributed by atoms with Crippen molar-refractivity contribution in [3.63, 3.8) is 0 Å². The molecule has 2 aromatic rings. The van der Waals surface area contributed by atoms with Crippen LogP contribution >= 0.6 is 23.4 Å². The largest absolute Gasteiger partial charge is 0.493 e. The minimum atomic E-state index is -0.586. The highest BCUT2D eigenvalue weighted by Gasteiger charge is 2.36. The molecule has 1 saturated heterocycles. The minimum Gasteiger partial charge on any atom is -0.493 e. The van der Waals surface area contributed by atoms with Crippen LogP contribution in [0.15, 0.2) is 41.3 Å². The van der Waals surface area contributed by atoms with Crippen LogP contribution in [0.5, 0.6) is 11.5 Å². The number of nitrogens with zero attached hydrogens (tertiary/aromatic N) is 1. The molecule has 0 atom stereocenters. The first kappa shape index (κ1) is 23.1. The number of nitrogens with one attached hydrogen (secondary N) is 1. The molecule has 1 N–H and O–H groups in total. The molecular formula is C23H20ClFN2O5S. The molecule has 0 bridgehead atoms. The SMILES string of the molecule is COc1cc(/C=C2\SC(=O)N(Cc3c(F)cccc3Cl)C2=O)ccc1OCC(=O)NC1CC1. The second-order valence-corrected chi connectivity index (χ2v) is 8.91. The van der Waals surface area contributed by atoms with Crippen molar-refractivity contribution in [1.29, 1.82) is 0 Å². The quantitative estimate of drug-likeness (QED) is 0.553. The van der Waals surface area contributed by atoms with Gasteiger partial charge in [-0.2, -0.15) is 0 Å². The fourth-order valence-corrected chi connectivity index (χ4v) is 4.22. The van der Waals surface area contributed by atoms with Gasteiger partial charge in [-0.25, -0.2) is 4.39 Å². The van der Waals surface area contributed by atoms with E-state index in [1.165, 1.54) is 25.3 Å². The van der Waals surface area contributed by atoms with Gasteiger partial charge in [-0.1, -0.05) is 23.7 Å². The molecule has 0 radical (unpaired) electrons. The average Bonchev–Trinajstić information content (AvgIpc) is 3.56. The van der Waals surface area contributed by atoms with Gasteiger partial charge in [0, 0.05) is 16.6 Å². The summed E-state index contributed by atoms with van der Waals surface area (Å²) in [7, 11) is 1.46. The van der Waals surface area contributed by atoms with E-state index in [0.29, 0.717) is 17.1 Å². The number of amides is 3. The van der Waals surface area contributed by atoms with Crippen molar-refractivity contribution in [1.82, 2.24) is 10.2 Å². The van der Waals surface area contributed by atoms with Crippen LogP contribution in [0.4, 0.5) is 9.18 Å². The number of rotatable bonds is 8. The normalized spacial score (nSPS) is 16.9. The van der Waals surface area contributed by atoms with Crippen LogP contribution in [0.2, 0.25) is 5.02 Å². The molecule has 1 heterocycles. The van der Waals surface area contributed by atoms with Crippen LogP contribution in [0, 0.1) is 5.82 Å². The zero-order chi connectivity index (χ0) is 23.5. The van der Waals surface area contributed by atoms with Gasteiger partial charge in [-0.15, -0.1) is 0 Å². The van der Waals surface area contributed by atoms with E-state index in [-0.39, 0.29) is 40.6 Å². The van der Waals surface area contributed by atoms with Crippen molar-refractivity contribution in [2.75, 3.05) is 13.7 Å². The highest BCUT2D eigenvalue weighted by molar-refractivity contribution is 8.18. The highest BCUT2D eigenvalue weighted by atomic mass is 35.5. The van der Waals surface area contributed by atoms with Crippen molar-refractivity contribution < 1.29 is 28.2 Å². The van der Waals surface area contributed by atoms with Crippen LogP contribution in [0.3, 0.4) is 0 Å². The zero-order valence-electron chi connectivity index (χ0n) is 17.6. The summed E-state index contributed by atoms with van der Waals surface area (Å²) in [6.07, 6.45) is 3.52. The summed E-state index contributed by atoms with van der Waals surface area (Å²) >= 11 is 6.79. The van der Waals surface area contributed by atoms with E-state index in [2.05, 4.69) is 5.32 Å². The number of imide groups is 1. The summed E-state index contributed by atoms with van der Waals surface area (Å²) in [4.78, 5) is 38.2. The van der Waals surface area contributed by atoms with Gasteiger partial charge in [0.2, 0.25) is 0 Å². The van der Waals surface area contributed by atoms with Gasteiger partial charge in [0.1, 0.15) is 5.82 Å². The number of hydrogen-bond acceptors (Lipinski definition) is 6. The molecule has 2 fully saturated rings. The Labute approximate surface area is 198 Å². The fraction of sp³-hybridized carbons (Fsp3) is 0.261. The fourth-order valence-electron chi connectivity index (χ4n) is 3.16. The number of halogens is 2. The number of ether oxygens (including phenoxy) is 2. The molecule has 4 rings (SSSR count). The van der Waals surface area contributed by atoms with Crippen molar-refractivity contribution in [3.05, 3.63) is 63.3 Å². The van der Waals surface area contributed by atoms with Crippen LogP contribution in [-0.2, 0) is 16.1 Å². The number of benzene rings is 2. The Morgan fingerprint density at radius 2 is 2.06 bits per heavy atom. The second-order valence-electron chi connectivity index (χ2n) is 7.51. The van der Waals surface area contributed by atoms with E-state index in [4.69, 9.17) is 21.1 Å². The van der Waals surface area contributed by atoms with E-state index in [9.17, 15) is 18.8 Å². The standard InChI is InChI=1S/C23H20ClFN2O5S/c1-31-19-9-13(5-8-18(19)32-12-21(28)26-14-6-7-14)10-20-22(29)27(23(30)33-20)11-15-16(24)3-2-4-17(15)25/h2-5,8-10,14H,6-7,11-12H2,1H3,(H,26,28)/b20-10-. The molecule has 0 aromatic heterocycles. The lowest BCUT2D eigenvalue weighted by Gasteiger charge is -2.14. The predicted octanol–water partition coefficient (Wildman–Crippen LogP) is 4.38. The maximum Gasteiger partial charge on any atom is 0.293 e. The van der Waals surface area contributed by atoms with E-state index >= 15 is 0 Å². The van der Waals surface area contributed by atoms with Crippen molar-refractivity contribution in [3.8, 4) is 11.5 Å². The van der Waals surface area contributed by atoms with Gasteiger partial charge in [0.15, 0.2) is 18.1 Å². The lowest BCUT2D eigenvalue weighted by Crippen LogP contribution is -2.30. The molecular weight excluding hydrogens is 471 g/mol. The first-order valence-electron chi connectivity index (χ1n) is 10.1. The molecule has 172 valence electrons. The minimum absolute atomic E-state index is 0.0802. The maximum atomic E-state index is 14.1. The van der Waals surface area contributed by atoms with E-state index < -0.39 is 17.0 Å². The Bertz CT molecular complexity index is 1130. The molecule has 33 heavy (non-hydrogen) atoms. The molecule has 1 aliphatic heterocycles. The zero-order valence-corrected chi connectivity index (χ0v) is 19.2. The first-order chi connectivity index (χ1) is 15.9. The third-order valence-corrected chi connectivity index (χ3v) is 6.30. The van der Waals surface area contributed by atoms with E-state index in [0.717, 1.165) is 29.5 Å². The monoisotopic (exact) mass is 490 g/mol. The van der Waals surface area contributed by atoms with Gasteiger partial charge in [-0.3, -0.25) is 19.3 Å². The summed E-state index contributed by atoms with van der Waals surface area (Å²) < 4.78 is 25.0. The molecule has 1 aliphatic carbocycles. The number of carbonyl (C=O) groups is 3. The van der Waals surface area contributed by atoms with Crippen LogP contribution in [0.25, 0.3) is 6.08 Å². The van der Waals surface area contributed by atoms with Gasteiger partial charge < -0.3 is 14.8 Å². The number of carbonyl (C=O) groups excluding carboxylic acids is 3. The summed E-state index contributed by atoms with van der Waals surface area (Å²) in [5.41, 5.74) is 0.674. The Hall–Kier alpha value is -3.04. The number of hydrogen-bond donors (Lipinski definition) is 1. The summed E-state index contributed by atoms with van der Waals surface area (Å²) in [5, 5.41) is 2.46. The topological polar surface area (TPSA) is 84.9 Å². The van der Waals surface area contributed by atoms with Crippen LogP contribution in [0.1, 0.15) is 24.0 Å².